The van der Waals surface area contributed by atoms with Gasteiger partial charge in [0.15, 0.2) is 0 Å². The highest BCUT2D eigenvalue weighted by atomic mass is 16.5. The van der Waals surface area contributed by atoms with Crippen LogP contribution in [0.25, 0.3) is 0 Å². The molecule has 1 aromatic rings. The number of nitrogens with zero attached hydrogens (tertiary/aromatic N) is 2. The number of hydrogen-bond donors (Lipinski definition) is 0. The maximum atomic E-state index is 12.5. The summed E-state index contributed by atoms with van der Waals surface area (Å²) in [5, 5.41) is 0. The molecule has 0 aromatic carbocycles. The van der Waals surface area contributed by atoms with E-state index in [1.165, 1.54) is 6.42 Å². The third-order valence-corrected chi connectivity index (χ3v) is 3.43. The smallest absolute Gasteiger partial charge is 0.255 e. The molecule has 1 aliphatic rings. The Bertz CT molecular complexity index is 438. The zero-order valence-electron chi connectivity index (χ0n) is 11.9. The highest BCUT2D eigenvalue weighted by Crippen LogP contribution is 2.23. The average Bonchev–Trinajstić information content (AvgIpc) is 2.37. The van der Waals surface area contributed by atoms with Gasteiger partial charge in [0.05, 0.1) is 18.4 Å². The molecule has 2 heterocycles. The van der Waals surface area contributed by atoms with Gasteiger partial charge in [-0.1, -0.05) is 13.8 Å². The second-order valence-electron chi connectivity index (χ2n) is 5.50. The fraction of sp³-hybridized carbons (Fsp3) is 0.600. The molecule has 2 unspecified atom stereocenters. The van der Waals surface area contributed by atoms with Crippen LogP contribution in [0.5, 0.6) is 5.75 Å². The van der Waals surface area contributed by atoms with Crippen molar-refractivity contribution in [3.05, 3.63) is 24.0 Å². The molecule has 0 saturated carbocycles. The van der Waals surface area contributed by atoms with Crippen molar-refractivity contribution in [3.8, 4) is 5.75 Å². The van der Waals surface area contributed by atoms with Crippen LogP contribution in [0.15, 0.2) is 18.5 Å². The first-order chi connectivity index (χ1) is 9.10. The standard InChI is InChI=1S/C15H22N2O2/c1-4-19-14-6-13(7-16-8-14)15(18)17-9-11(2)5-12(3)10-17/h6-8,11-12H,4-5,9-10H2,1-3H3. The molecule has 1 fully saturated rings. The minimum Gasteiger partial charge on any atom is -0.492 e. The maximum Gasteiger partial charge on any atom is 0.255 e. The lowest BCUT2D eigenvalue weighted by molar-refractivity contribution is 0.0622. The molecule has 4 nitrogen and oxygen atoms in total. The number of carbonyl (C=O) groups is 1. The second-order valence-corrected chi connectivity index (χ2v) is 5.50. The number of likely N-dealkylation sites (tertiary alicyclic amines) is 1. The zero-order valence-corrected chi connectivity index (χ0v) is 11.9. The van der Waals surface area contributed by atoms with Crippen molar-refractivity contribution in [2.75, 3.05) is 19.7 Å². The molecule has 0 radical (unpaired) electrons. The van der Waals surface area contributed by atoms with Gasteiger partial charge in [0.1, 0.15) is 5.75 Å². The molecule has 1 aliphatic heterocycles. The van der Waals surface area contributed by atoms with Crippen molar-refractivity contribution in [3.63, 3.8) is 0 Å². The Labute approximate surface area is 114 Å². The van der Waals surface area contributed by atoms with Crippen LogP contribution in [-0.2, 0) is 0 Å². The molecular weight excluding hydrogens is 240 g/mol. The predicted molar refractivity (Wildman–Crippen MR) is 74.3 cm³/mol. The van der Waals surface area contributed by atoms with E-state index in [0.717, 1.165) is 13.1 Å². The van der Waals surface area contributed by atoms with Crippen LogP contribution in [0.4, 0.5) is 0 Å². The van der Waals surface area contributed by atoms with Gasteiger partial charge in [-0.2, -0.15) is 0 Å². The van der Waals surface area contributed by atoms with Crippen molar-refractivity contribution in [1.29, 1.82) is 0 Å². The number of rotatable bonds is 3. The van der Waals surface area contributed by atoms with E-state index in [4.69, 9.17) is 4.74 Å². The van der Waals surface area contributed by atoms with Gasteiger partial charge < -0.3 is 9.64 Å². The summed E-state index contributed by atoms with van der Waals surface area (Å²) in [6.45, 7) is 8.57. The Morgan fingerprint density at radius 3 is 2.68 bits per heavy atom. The summed E-state index contributed by atoms with van der Waals surface area (Å²) in [4.78, 5) is 18.5. The predicted octanol–water partition coefficient (Wildman–Crippen LogP) is 2.60. The van der Waals surface area contributed by atoms with Gasteiger partial charge in [-0.3, -0.25) is 9.78 Å². The Morgan fingerprint density at radius 2 is 2.05 bits per heavy atom. The first-order valence-electron chi connectivity index (χ1n) is 6.97. The van der Waals surface area contributed by atoms with E-state index >= 15 is 0 Å². The van der Waals surface area contributed by atoms with Crippen LogP contribution in [-0.4, -0.2) is 35.5 Å². The molecule has 4 heteroatoms. The summed E-state index contributed by atoms with van der Waals surface area (Å²) < 4.78 is 5.39. The average molecular weight is 262 g/mol. The number of piperidine rings is 1. The molecule has 0 aliphatic carbocycles. The number of hydrogen-bond acceptors (Lipinski definition) is 3. The monoisotopic (exact) mass is 262 g/mol. The maximum absolute atomic E-state index is 12.5. The Hall–Kier alpha value is -1.58. The molecule has 1 amide bonds. The molecule has 1 saturated heterocycles. The molecule has 104 valence electrons. The van der Waals surface area contributed by atoms with E-state index in [1.807, 2.05) is 11.8 Å². The lowest BCUT2D eigenvalue weighted by Gasteiger charge is -2.35. The third kappa shape index (κ3) is 3.46. The minimum atomic E-state index is 0.0625. The first-order valence-corrected chi connectivity index (χ1v) is 6.97. The van der Waals surface area contributed by atoms with E-state index in [9.17, 15) is 4.79 Å². The third-order valence-electron chi connectivity index (χ3n) is 3.43. The topological polar surface area (TPSA) is 42.4 Å². The number of amides is 1. The SMILES string of the molecule is CCOc1cncc(C(=O)N2CC(C)CC(C)C2)c1. The minimum absolute atomic E-state index is 0.0625. The molecular formula is C15H22N2O2. The number of ether oxygens (including phenoxy) is 1. The summed E-state index contributed by atoms with van der Waals surface area (Å²) in [5.41, 5.74) is 0.618. The zero-order chi connectivity index (χ0) is 13.8. The Kier molecular flexibility index (Phi) is 4.40. The highest BCUT2D eigenvalue weighted by molar-refractivity contribution is 5.94. The molecule has 1 aromatic heterocycles. The summed E-state index contributed by atoms with van der Waals surface area (Å²) in [5.74, 6) is 1.85. The summed E-state index contributed by atoms with van der Waals surface area (Å²) >= 11 is 0. The molecule has 2 atom stereocenters. The van der Waals surface area contributed by atoms with Gasteiger partial charge in [0, 0.05) is 19.3 Å². The van der Waals surface area contributed by atoms with E-state index in [2.05, 4.69) is 18.8 Å². The van der Waals surface area contributed by atoms with Crippen LogP contribution < -0.4 is 4.74 Å². The van der Waals surface area contributed by atoms with Crippen molar-refractivity contribution in [1.82, 2.24) is 9.88 Å². The number of pyridine rings is 1. The van der Waals surface area contributed by atoms with Gasteiger partial charge in [-0.05, 0) is 31.2 Å². The Balaban J connectivity index is 2.12. The molecule has 2 rings (SSSR count). The number of aromatic nitrogens is 1. The van der Waals surface area contributed by atoms with Crippen LogP contribution in [0.1, 0.15) is 37.6 Å². The van der Waals surface area contributed by atoms with Gasteiger partial charge in [0.25, 0.3) is 5.91 Å². The van der Waals surface area contributed by atoms with Gasteiger partial charge in [-0.15, -0.1) is 0 Å². The normalized spacial score (nSPS) is 23.2. The van der Waals surface area contributed by atoms with Gasteiger partial charge in [0.2, 0.25) is 0 Å². The van der Waals surface area contributed by atoms with Crippen molar-refractivity contribution in [2.24, 2.45) is 11.8 Å². The second kappa shape index (κ2) is 6.04. The van der Waals surface area contributed by atoms with E-state index in [0.29, 0.717) is 29.8 Å². The molecule has 0 bridgehead atoms. The van der Waals surface area contributed by atoms with Crippen LogP contribution in [0, 0.1) is 11.8 Å². The fourth-order valence-corrected chi connectivity index (χ4v) is 2.79. The largest absolute Gasteiger partial charge is 0.492 e. The van der Waals surface area contributed by atoms with E-state index in [-0.39, 0.29) is 5.91 Å². The lowest BCUT2D eigenvalue weighted by Crippen LogP contribution is -2.42. The van der Waals surface area contributed by atoms with Gasteiger partial charge in [-0.25, -0.2) is 0 Å². The van der Waals surface area contributed by atoms with Gasteiger partial charge >= 0.3 is 0 Å². The number of carbonyl (C=O) groups excluding carboxylic acids is 1. The summed E-state index contributed by atoms with van der Waals surface area (Å²) in [6.07, 6.45) is 4.46. The quantitative estimate of drug-likeness (QED) is 0.841. The molecule has 0 N–H and O–H groups in total. The fourth-order valence-electron chi connectivity index (χ4n) is 2.79. The van der Waals surface area contributed by atoms with Crippen LogP contribution >= 0.6 is 0 Å². The van der Waals surface area contributed by atoms with Crippen molar-refractivity contribution in [2.45, 2.75) is 27.2 Å². The summed E-state index contributed by atoms with van der Waals surface area (Å²) in [7, 11) is 0. The van der Waals surface area contributed by atoms with Crippen LogP contribution in [0.2, 0.25) is 0 Å². The first kappa shape index (κ1) is 13.8. The van der Waals surface area contributed by atoms with E-state index < -0.39 is 0 Å². The van der Waals surface area contributed by atoms with Crippen molar-refractivity contribution < 1.29 is 9.53 Å². The molecule has 19 heavy (non-hydrogen) atoms. The molecule has 0 spiro atoms. The van der Waals surface area contributed by atoms with E-state index in [1.54, 1.807) is 18.5 Å². The summed E-state index contributed by atoms with van der Waals surface area (Å²) in [6, 6.07) is 1.78. The Morgan fingerprint density at radius 1 is 1.37 bits per heavy atom. The van der Waals surface area contributed by atoms with Crippen LogP contribution in [0.3, 0.4) is 0 Å². The highest BCUT2D eigenvalue weighted by Gasteiger charge is 2.26. The lowest BCUT2D eigenvalue weighted by atomic mass is 9.91. The van der Waals surface area contributed by atoms with Crippen molar-refractivity contribution >= 4 is 5.91 Å².